The van der Waals surface area contributed by atoms with E-state index in [2.05, 4.69) is 12.2 Å². The van der Waals surface area contributed by atoms with Crippen molar-refractivity contribution in [2.24, 2.45) is 5.92 Å². The molecule has 15 heavy (non-hydrogen) atoms. The van der Waals surface area contributed by atoms with Crippen LogP contribution < -0.4 is 5.32 Å². The number of benzene rings is 1. The van der Waals surface area contributed by atoms with Gasteiger partial charge in [-0.15, -0.1) is 0 Å². The van der Waals surface area contributed by atoms with Crippen LogP contribution >= 0.6 is 0 Å². The van der Waals surface area contributed by atoms with Crippen LogP contribution in [0.25, 0.3) is 0 Å². The van der Waals surface area contributed by atoms with Crippen molar-refractivity contribution in [1.82, 2.24) is 5.32 Å². The van der Waals surface area contributed by atoms with Crippen molar-refractivity contribution in [2.45, 2.75) is 32.2 Å². The summed E-state index contributed by atoms with van der Waals surface area (Å²) in [6.07, 6.45) is 3.92. The summed E-state index contributed by atoms with van der Waals surface area (Å²) >= 11 is 0. The molecule has 82 valence electrons. The van der Waals surface area contributed by atoms with Crippen LogP contribution in [-0.2, 0) is 0 Å². The molecule has 1 N–H and O–H groups in total. The molecule has 1 fully saturated rings. The molecular formula is C13H18FN. The van der Waals surface area contributed by atoms with Gasteiger partial charge in [-0.25, -0.2) is 4.39 Å². The van der Waals surface area contributed by atoms with E-state index in [0.29, 0.717) is 6.04 Å². The average Bonchev–Trinajstić information content (AvgIpc) is 3.02. The van der Waals surface area contributed by atoms with E-state index < -0.39 is 0 Å². The smallest absolute Gasteiger partial charge is 0.123 e. The third-order valence-corrected chi connectivity index (χ3v) is 2.99. The molecule has 0 spiro atoms. The van der Waals surface area contributed by atoms with Crippen molar-refractivity contribution in [2.75, 3.05) is 6.54 Å². The van der Waals surface area contributed by atoms with Crippen LogP contribution in [-0.4, -0.2) is 6.54 Å². The summed E-state index contributed by atoms with van der Waals surface area (Å²) in [4.78, 5) is 0. The second-order valence-electron chi connectivity index (χ2n) is 4.34. The minimum atomic E-state index is -0.152. The lowest BCUT2D eigenvalue weighted by molar-refractivity contribution is 0.486. The van der Waals surface area contributed by atoms with Gasteiger partial charge in [0.1, 0.15) is 5.82 Å². The third-order valence-electron chi connectivity index (χ3n) is 2.99. The molecule has 2 rings (SSSR count). The Hall–Kier alpha value is -0.890. The summed E-state index contributed by atoms with van der Waals surface area (Å²) in [6, 6.07) is 7.29. The summed E-state index contributed by atoms with van der Waals surface area (Å²) in [6.45, 7) is 3.08. The Morgan fingerprint density at radius 1 is 1.33 bits per heavy atom. The highest BCUT2D eigenvalue weighted by Gasteiger charge is 2.25. The summed E-state index contributed by atoms with van der Waals surface area (Å²) in [7, 11) is 0. The lowest BCUT2D eigenvalue weighted by atomic mass is 10.0. The van der Waals surface area contributed by atoms with Gasteiger partial charge in [0.15, 0.2) is 0 Å². The Morgan fingerprint density at radius 3 is 2.53 bits per heavy atom. The van der Waals surface area contributed by atoms with Gasteiger partial charge in [-0.3, -0.25) is 0 Å². The number of nitrogens with one attached hydrogen (secondary N) is 1. The van der Waals surface area contributed by atoms with E-state index in [1.54, 1.807) is 12.1 Å². The molecule has 0 aliphatic heterocycles. The van der Waals surface area contributed by atoms with Gasteiger partial charge in [-0.2, -0.15) is 0 Å². The second kappa shape index (κ2) is 4.75. The van der Waals surface area contributed by atoms with Crippen molar-refractivity contribution in [3.05, 3.63) is 35.6 Å². The minimum Gasteiger partial charge on any atom is -0.310 e. The van der Waals surface area contributed by atoms with Crippen LogP contribution in [0.15, 0.2) is 24.3 Å². The predicted molar refractivity (Wildman–Crippen MR) is 60.2 cm³/mol. The molecule has 1 aromatic rings. The maximum Gasteiger partial charge on any atom is 0.123 e. The number of rotatable bonds is 5. The normalized spacial score (nSPS) is 17.7. The first-order valence-corrected chi connectivity index (χ1v) is 5.78. The maximum atomic E-state index is 12.8. The molecule has 0 saturated heterocycles. The first-order chi connectivity index (χ1) is 7.29. The zero-order chi connectivity index (χ0) is 10.7. The van der Waals surface area contributed by atoms with Gasteiger partial charge in [0.2, 0.25) is 0 Å². The van der Waals surface area contributed by atoms with Crippen LogP contribution in [0.5, 0.6) is 0 Å². The minimum absolute atomic E-state index is 0.152. The van der Waals surface area contributed by atoms with Crippen molar-refractivity contribution in [3.8, 4) is 0 Å². The van der Waals surface area contributed by atoms with Gasteiger partial charge in [-0.05, 0) is 36.6 Å². The highest BCUT2D eigenvalue weighted by Crippen LogP contribution is 2.37. The Bertz CT molecular complexity index is 303. The Kier molecular flexibility index (Phi) is 3.37. The second-order valence-corrected chi connectivity index (χ2v) is 4.34. The molecule has 1 atom stereocenters. The topological polar surface area (TPSA) is 12.0 Å². The zero-order valence-corrected chi connectivity index (χ0v) is 9.17. The molecule has 0 radical (unpaired) electrons. The molecule has 1 nitrogen and oxygen atoms in total. The quantitative estimate of drug-likeness (QED) is 0.781. The molecule has 0 amide bonds. The van der Waals surface area contributed by atoms with Gasteiger partial charge >= 0.3 is 0 Å². The Labute approximate surface area is 90.7 Å². The molecule has 1 saturated carbocycles. The largest absolute Gasteiger partial charge is 0.310 e. The van der Waals surface area contributed by atoms with Crippen LogP contribution in [0.1, 0.15) is 37.8 Å². The van der Waals surface area contributed by atoms with E-state index in [1.165, 1.54) is 24.8 Å². The molecule has 2 heteroatoms. The highest BCUT2D eigenvalue weighted by atomic mass is 19.1. The molecular weight excluding hydrogens is 189 g/mol. The van der Waals surface area contributed by atoms with E-state index in [-0.39, 0.29) is 5.82 Å². The van der Waals surface area contributed by atoms with Crippen molar-refractivity contribution >= 4 is 0 Å². The summed E-state index contributed by atoms with van der Waals surface area (Å²) < 4.78 is 12.8. The van der Waals surface area contributed by atoms with E-state index in [1.807, 2.05) is 12.1 Å². The molecule has 1 aromatic carbocycles. The van der Waals surface area contributed by atoms with E-state index in [4.69, 9.17) is 0 Å². The zero-order valence-electron chi connectivity index (χ0n) is 9.17. The number of hydrogen-bond acceptors (Lipinski definition) is 1. The average molecular weight is 207 g/mol. The lowest BCUT2D eigenvalue weighted by Gasteiger charge is -2.17. The predicted octanol–water partition coefficient (Wildman–Crippen LogP) is 3.28. The molecule has 0 heterocycles. The first kappa shape index (κ1) is 10.6. The fraction of sp³-hybridized carbons (Fsp3) is 0.538. The SMILES string of the molecule is CCNC(CC1CC1)c1ccc(F)cc1. The van der Waals surface area contributed by atoms with Gasteiger partial charge in [0, 0.05) is 6.04 Å². The van der Waals surface area contributed by atoms with Crippen molar-refractivity contribution < 1.29 is 4.39 Å². The summed E-state index contributed by atoms with van der Waals surface area (Å²) in [5, 5.41) is 3.47. The fourth-order valence-corrected chi connectivity index (χ4v) is 1.97. The molecule has 1 unspecified atom stereocenters. The third kappa shape index (κ3) is 3.03. The summed E-state index contributed by atoms with van der Waals surface area (Å²) in [5.74, 6) is 0.736. The molecule has 1 aliphatic rings. The number of hydrogen-bond donors (Lipinski definition) is 1. The lowest BCUT2D eigenvalue weighted by Crippen LogP contribution is -2.21. The van der Waals surface area contributed by atoms with Gasteiger partial charge in [0.25, 0.3) is 0 Å². The van der Waals surface area contributed by atoms with Gasteiger partial charge < -0.3 is 5.32 Å². The Balaban J connectivity index is 2.04. The first-order valence-electron chi connectivity index (χ1n) is 5.78. The molecule has 1 aliphatic carbocycles. The van der Waals surface area contributed by atoms with Crippen LogP contribution in [0.3, 0.4) is 0 Å². The highest BCUT2D eigenvalue weighted by molar-refractivity contribution is 5.20. The van der Waals surface area contributed by atoms with E-state index >= 15 is 0 Å². The maximum absolute atomic E-state index is 12.8. The number of halogens is 1. The molecule has 0 bridgehead atoms. The fourth-order valence-electron chi connectivity index (χ4n) is 1.97. The monoisotopic (exact) mass is 207 g/mol. The molecule has 0 aromatic heterocycles. The van der Waals surface area contributed by atoms with Gasteiger partial charge in [-0.1, -0.05) is 31.9 Å². The van der Waals surface area contributed by atoms with Crippen LogP contribution in [0.2, 0.25) is 0 Å². The standard InChI is InChI=1S/C13H18FN/c1-2-15-13(9-10-3-4-10)11-5-7-12(14)8-6-11/h5-8,10,13,15H,2-4,9H2,1H3. The van der Waals surface area contributed by atoms with Crippen LogP contribution in [0, 0.1) is 11.7 Å². The Morgan fingerprint density at radius 2 is 2.00 bits per heavy atom. The van der Waals surface area contributed by atoms with Crippen molar-refractivity contribution in [3.63, 3.8) is 0 Å². The summed E-state index contributed by atoms with van der Waals surface area (Å²) in [5.41, 5.74) is 1.21. The van der Waals surface area contributed by atoms with Crippen molar-refractivity contribution in [1.29, 1.82) is 0 Å². The van der Waals surface area contributed by atoms with Crippen LogP contribution in [0.4, 0.5) is 4.39 Å². The van der Waals surface area contributed by atoms with E-state index in [0.717, 1.165) is 12.5 Å². The van der Waals surface area contributed by atoms with Gasteiger partial charge in [0.05, 0.1) is 0 Å². The van der Waals surface area contributed by atoms with E-state index in [9.17, 15) is 4.39 Å².